The maximum Gasteiger partial charge on any atom is 0.162 e. The zero-order valence-corrected chi connectivity index (χ0v) is 12.1. The van der Waals surface area contributed by atoms with E-state index in [0.29, 0.717) is 12.4 Å². The molecule has 4 heteroatoms. The molecule has 0 spiro atoms. The zero-order valence-electron chi connectivity index (χ0n) is 10.5. The van der Waals surface area contributed by atoms with E-state index in [1.807, 2.05) is 18.2 Å². The summed E-state index contributed by atoms with van der Waals surface area (Å²) in [5.74, 6) is 1.42. The van der Waals surface area contributed by atoms with Crippen molar-refractivity contribution < 1.29 is 9.47 Å². The fourth-order valence-corrected chi connectivity index (χ4v) is 1.91. The molecule has 0 atom stereocenters. The van der Waals surface area contributed by atoms with Crippen molar-refractivity contribution in [2.24, 2.45) is 0 Å². The lowest BCUT2D eigenvalue weighted by molar-refractivity contribution is 0.326. The molecule has 1 rings (SSSR count). The van der Waals surface area contributed by atoms with Gasteiger partial charge in [0.1, 0.15) is 6.61 Å². The van der Waals surface area contributed by atoms with Gasteiger partial charge in [-0.3, -0.25) is 0 Å². The van der Waals surface area contributed by atoms with E-state index in [9.17, 15) is 0 Å². The van der Waals surface area contributed by atoms with Crippen molar-refractivity contribution in [2.45, 2.75) is 6.54 Å². The first-order valence-electron chi connectivity index (χ1n) is 5.64. The monoisotopic (exact) mass is 311 g/mol. The standard InChI is InChI=1S/C14H18BrNO2/c1-4-6-16-10-11-8-13(17-3)14(9-12(11)15)18-7-5-2/h4-5,8-9,16H,1-2,6-7,10H2,3H3. The van der Waals surface area contributed by atoms with Crippen LogP contribution in [-0.4, -0.2) is 20.3 Å². The van der Waals surface area contributed by atoms with Gasteiger partial charge in [-0.2, -0.15) is 0 Å². The van der Waals surface area contributed by atoms with Crippen molar-refractivity contribution in [3.05, 3.63) is 47.5 Å². The topological polar surface area (TPSA) is 30.5 Å². The summed E-state index contributed by atoms with van der Waals surface area (Å²) >= 11 is 3.53. The Balaban J connectivity index is 2.87. The van der Waals surface area contributed by atoms with E-state index in [4.69, 9.17) is 9.47 Å². The van der Waals surface area contributed by atoms with Gasteiger partial charge in [-0.25, -0.2) is 0 Å². The third kappa shape index (κ3) is 4.20. The summed E-state index contributed by atoms with van der Waals surface area (Å²) in [7, 11) is 1.63. The molecule has 0 heterocycles. The van der Waals surface area contributed by atoms with Gasteiger partial charge < -0.3 is 14.8 Å². The number of halogens is 1. The van der Waals surface area contributed by atoms with Crippen LogP contribution in [0, 0.1) is 0 Å². The number of benzene rings is 1. The van der Waals surface area contributed by atoms with Crippen LogP contribution < -0.4 is 14.8 Å². The average molecular weight is 312 g/mol. The van der Waals surface area contributed by atoms with Crippen LogP contribution in [0.4, 0.5) is 0 Å². The van der Waals surface area contributed by atoms with Crippen LogP contribution in [-0.2, 0) is 6.54 Å². The van der Waals surface area contributed by atoms with Gasteiger partial charge in [0.15, 0.2) is 11.5 Å². The molecule has 0 bridgehead atoms. The highest BCUT2D eigenvalue weighted by Crippen LogP contribution is 2.33. The lowest BCUT2D eigenvalue weighted by Crippen LogP contribution is -2.13. The van der Waals surface area contributed by atoms with Crippen molar-refractivity contribution in [1.29, 1.82) is 0 Å². The average Bonchev–Trinajstić information content (AvgIpc) is 2.38. The third-order valence-corrected chi connectivity index (χ3v) is 3.03. The SMILES string of the molecule is C=CCNCc1cc(OC)c(OCC=C)cc1Br. The normalized spacial score (nSPS) is 9.89. The highest BCUT2D eigenvalue weighted by atomic mass is 79.9. The van der Waals surface area contributed by atoms with E-state index in [-0.39, 0.29) is 0 Å². The summed E-state index contributed by atoms with van der Waals surface area (Å²) in [4.78, 5) is 0. The number of methoxy groups -OCH3 is 1. The lowest BCUT2D eigenvalue weighted by atomic mass is 10.2. The van der Waals surface area contributed by atoms with E-state index >= 15 is 0 Å². The second-order valence-electron chi connectivity index (χ2n) is 3.61. The van der Waals surface area contributed by atoms with Gasteiger partial charge in [-0.05, 0) is 17.7 Å². The van der Waals surface area contributed by atoms with Gasteiger partial charge in [0.2, 0.25) is 0 Å². The molecule has 0 aliphatic heterocycles. The van der Waals surface area contributed by atoms with E-state index in [1.165, 1.54) is 0 Å². The van der Waals surface area contributed by atoms with Crippen LogP contribution in [0.1, 0.15) is 5.56 Å². The van der Waals surface area contributed by atoms with Crippen LogP contribution >= 0.6 is 15.9 Å². The minimum absolute atomic E-state index is 0.455. The molecular formula is C14H18BrNO2. The Hall–Kier alpha value is -1.26. The first-order chi connectivity index (χ1) is 8.72. The van der Waals surface area contributed by atoms with E-state index in [2.05, 4.69) is 34.4 Å². The van der Waals surface area contributed by atoms with Gasteiger partial charge >= 0.3 is 0 Å². The minimum Gasteiger partial charge on any atom is -0.493 e. The molecule has 0 fully saturated rings. The number of hydrogen-bond donors (Lipinski definition) is 1. The fourth-order valence-electron chi connectivity index (χ4n) is 1.44. The maximum absolute atomic E-state index is 5.53. The van der Waals surface area contributed by atoms with E-state index in [1.54, 1.807) is 13.2 Å². The van der Waals surface area contributed by atoms with Crippen LogP contribution in [0.3, 0.4) is 0 Å². The highest BCUT2D eigenvalue weighted by molar-refractivity contribution is 9.10. The third-order valence-electron chi connectivity index (χ3n) is 2.29. The van der Waals surface area contributed by atoms with Crippen LogP contribution in [0.15, 0.2) is 41.9 Å². The molecule has 0 unspecified atom stereocenters. The van der Waals surface area contributed by atoms with Gasteiger partial charge in [-0.1, -0.05) is 34.7 Å². The smallest absolute Gasteiger partial charge is 0.162 e. The molecule has 0 aliphatic carbocycles. The molecule has 0 aliphatic rings. The second-order valence-corrected chi connectivity index (χ2v) is 4.47. The Morgan fingerprint density at radius 1 is 1.28 bits per heavy atom. The Morgan fingerprint density at radius 2 is 2.06 bits per heavy atom. The Labute approximate surface area is 117 Å². The zero-order chi connectivity index (χ0) is 13.4. The molecule has 3 nitrogen and oxygen atoms in total. The predicted molar refractivity (Wildman–Crippen MR) is 78.3 cm³/mol. The fraction of sp³-hybridized carbons (Fsp3) is 0.286. The van der Waals surface area contributed by atoms with Crippen molar-refractivity contribution in [2.75, 3.05) is 20.3 Å². The van der Waals surface area contributed by atoms with Crippen molar-refractivity contribution in [3.63, 3.8) is 0 Å². The molecule has 1 N–H and O–H groups in total. The number of hydrogen-bond acceptors (Lipinski definition) is 3. The summed E-state index contributed by atoms with van der Waals surface area (Å²) in [5, 5.41) is 3.25. The van der Waals surface area contributed by atoms with Crippen molar-refractivity contribution in [1.82, 2.24) is 5.32 Å². The largest absolute Gasteiger partial charge is 0.493 e. The van der Waals surface area contributed by atoms with Crippen molar-refractivity contribution >= 4 is 15.9 Å². The molecule has 0 amide bonds. The molecule has 0 radical (unpaired) electrons. The molecule has 1 aromatic carbocycles. The Kier molecular flexibility index (Phi) is 6.54. The van der Waals surface area contributed by atoms with Gasteiger partial charge in [0.05, 0.1) is 7.11 Å². The quantitative estimate of drug-likeness (QED) is 0.590. The van der Waals surface area contributed by atoms with Crippen molar-refractivity contribution in [3.8, 4) is 11.5 Å². The van der Waals surface area contributed by atoms with Crippen LogP contribution in [0.5, 0.6) is 11.5 Å². The Morgan fingerprint density at radius 3 is 2.67 bits per heavy atom. The molecular weight excluding hydrogens is 294 g/mol. The number of rotatable bonds is 8. The first-order valence-corrected chi connectivity index (χ1v) is 6.44. The summed E-state index contributed by atoms with van der Waals surface area (Å²) in [5.41, 5.74) is 1.11. The molecule has 1 aromatic rings. The molecule has 98 valence electrons. The summed E-state index contributed by atoms with van der Waals surface area (Å²) in [6, 6.07) is 3.87. The molecule has 18 heavy (non-hydrogen) atoms. The van der Waals surface area contributed by atoms with Crippen LogP contribution in [0.2, 0.25) is 0 Å². The molecule has 0 saturated heterocycles. The minimum atomic E-state index is 0.455. The maximum atomic E-state index is 5.53. The second kappa shape index (κ2) is 7.95. The van der Waals surface area contributed by atoms with Gasteiger partial charge in [0.25, 0.3) is 0 Å². The number of ether oxygens (including phenoxy) is 2. The summed E-state index contributed by atoms with van der Waals surface area (Å²) in [6.07, 6.45) is 3.53. The summed E-state index contributed by atoms with van der Waals surface area (Å²) in [6.45, 7) is 9.26. The highest BCUT2D eigenvalue weighted by Gasteiger charge is 2.09. The Bertz CT molecular complexity index is 419. The predicted octanol–water partition coefficient (Wildman–Crippen LogP) is 3.30. The van der Waals surface area contributed by atoms with Gasteiger partial charge in [0, 0.05) is 17.6 Å². The van der Waals surface area contributed by atoms with Gasteiger partial charge in [-0.15, -0.1) is 6.58 Å². The number of nitrogens with one attached hydrogen (secondary N) is 1. The molecule has 0 saturated carbocycles. The van der Waals surface area contributed by atoms with E-state index < -0.39 is 0 Å². The molecule has 0 aromatic heterocycles. The van der Waals surface area contributed by atoms with E-state index in [0.717, 1.165) is 28.9 Å². The van der Waals surface area contributed by atoms with Crippen LogP contribution in [0.25, 0.3) is 0 Å². The lowest BCUT2D eigenvalue weighted by Gasteiger charge is -2.13. The summed E-state index contributed by atoms with van der Waals surface area (Å²) < 4.78 is 11.8. The first kappa shape index (κ1) is 14.8.